The van der Waals surface area contributed by atoms with Gasteiger partial charge in [0.05, 0.1) is 13.3 Å². The number of aromatic nitrogens is 4. The van der Waals surface area contributed by atoms with Gasteiger partial charge in [0.2, 0.25) is 0 Å². The van der Waals surface area contributed by atoms with Gasteiger partial charge in [-0.2, -0.15) is 9.62 Å². The molecule has 0 bridgehead atoms. The van der Waals surface area contributed by atoms with Gasteiger partial charge in [-0.3, -0.25) is 5.43 Å². The molecule has 27 heavy (non-hydrogen) atoms. The number of methoxy groups -OCH3 is 1. The van der Waals surface area contributed by atoms with E-state index < -0.39 is 0 Å². The van der Waals surface area contributed by atoms with Crippen LogP contribution in [0.5, 0.6) is 11.5 Å². The van der Waals surface area contributed by atoms with E-state index in [1.54, 1.807) is 35.0 Å². The summed E-state index contributed by atoms with van der Waals surface area (Å²) in [7, 11) is 1.50. The number of rotatable bonds is 5. The number of phenols is 1. The Hall–Kier alpha value is -3.94. The zero-order valence-corrected chi connectivity index (χ0v) is 14.4. The summed E-state index contributed by atoms with van der Waals surface area (Å²) in [5, 5.41) is 26.6. The minimum Gasteiger partial charge on any atom is -0.504 e. The Kier molecular flexibility index (Phi) is 4.36. The van der Waals surface area contributed by atoms with Gasteiger partial charge in [0.1, 0.15) is 0 Å². The minimum absolute atomic E-state index is 0.0794. The summed E-state index contributed by atoms with van der Waals surface area (Å²) in [6, 6.07) is 18.3. The van der Waals surface area contributed by atoms with Crippen LogP contribution < -0.4 is 10.2 Å². The van der Waals surface area contributed by atoms with Gasteiger partial charge in [0.15, 0.2) is 28.8 Å². The predicted molar refractivity (Wildman–Crippen MR) is 102 cm³/mol. The molecule has 2 heterocycles. The van der Waals surface area contributed by atoms with Crippen LogP contribution in [0, 0.1) is 0 Å². The standard InChI is InChI=1S/C19H16N6O2/c1-27-16-11-13(7-8-15(16)26)12-20-21-17-9-10-18-22-23-19(25(18)24-17)14-5-3-2-4-6-14/h2-12,26H,1H3,(H,21,24)/b20-12-. The van der Waals surface area contributed by atoms with Crippen molar-refractivity contribution in [2.24, 2.45) is 5.10 Å². The molecule has 0 saturated carbocycles. The first-order valence-electron chi connectivity index (χ1n) is 8.18. The van der Waals surface area contributed by atoms with Crippen molar-refractivity contribution in [2.75, 3.05) is 12.5 Å². The first-order chi connectivity index (χ1) is 13.2. The fraction of sp³-hybridized carbons (Fsp3) is 0.0526. The third-order valence-electron chi connectivity index (χ3n) is 3.89. The Morgan fingerprint density at radius 1 is 1.07 bits per heavy atom. The molecule has 0 aliphatic heterocycles. The molecule has 0 radical (unpaired) electrons. The summed E-state index contributed by atoms with van der Waals surface area (Å²) in [6.07, 6.45) is 1.61. The summed E-state index contributed by atoms with van der Waals surface area (Å²) in [6.45, 7) is 0. The number of phenolic OH excluding ortho intramolecular Hbond substituents is 1. The summed E-state index contributed by atoms with van der Waals surface area (Å²) in [5.74, 6) is 1.66. The summed E-state index contributed by atoms with van der Waals surface area (Å²) >= 11 is 0. The number of hydrogen-bond donors (Lipinski definition) is 2. The number of nitrogens with zero attached hydrogens (tertiary/aromatic N) is 5. The maximum absolute atomic E-state index is 9.63. The first-order valence-corrected chi connectivity index (χ1v) is 8.18. The van der Waals surface area contributed by atoms with Gasteiger partial charge in [0.25, 0.3) is 0 Å². The molecule has 8 heteroatoms. The third kappa shape index (κ3) is 3.40. The van der Waals surface area contributed by atoms with Crippen molar-refractivity contribution in [1.29, 1.82) is 0 Å². The average Bonchev–Trinajstić information content (AvgIpc) is 3.13. The normalized spacial score (nSPS) is 11.1. The molecule has 4 rings (SSSR count). The van der Waals surface area contributed by atoms with Crippen LogP contribution in [0.4, 0.5) is 5.82 Å². The molecule has 134 valence electrons. The number of hydrogen-bond acceptors (Lipinski definition) is 7. The van der Waals surface area contributed by atoms with Gasteiger partial charge in [-0.25, -0.2) is 0 Å². The van der Waals surface area contributed by atoms with Crippen molar-refractivity contribution in [2.45, 2.75) is 0 Å². The van der Waals surface area contributed by atoms with E-state index in [2.05, 4.69) is 25.8 Å². The topological polar surface area (TPSA) is 96.9 Å². The minimum atomic E-state index is 0.0794. The summed E-state index contributed by atoms with van der Waals surface area (Å²) in [4.78, 5) is 0. The Morgan fingerprint density at radius 3 is 2.74 bits per heavy atom. The SMILES string of the molecule is COc1cc(/C=N\Nc2ccc3nnc(-c4ccccc4)n3n2)ccc1O. The van der Waals surface area contributed by atoms with Crippen molar-refractivity contribution in [3.63, 3.8) is 0 Å². The number of fused-ring (bicyclic) bond motifs is 1. The van der Waals surface area contributed by atoms with Gasteiger partial charge in [-0.1, -0.05) is 30.3 Å². The van der Waals surface area contributed by atoms with E-state index in [0.29, 0.717) is 23.0 Å². The number of ether oxygens (including phenoxy) is 1. The van der Waals surface area contributed by atoms with Crippen LogP contribution in [-0.4, -0.2) is 38.2 Å². The van der Waals surface area contributed by atoms with E-state index >= 15 is 0 Å². The monoisotopic (exact) mass is 360 g/mol. The van der Waals surface area contributed by atoms with Crippen molar-refractivity contribution in [3.05, 3.63) is 66.2 Å². The van der Waals surface area contributed by atoms with E-state index in [9.17, 15) is 5.11 Å². The molecule has 2 aromatic heterocycles. The van der Waals surface area contributed by atoms with E-state index in [1.807, 2.05) is 36.4 Å². The number of anilines is 1. The Morgan fingerprint density at radius 2 is 1.93 bits per heavy atom. The predicted octanol–water partition coefficient (Wildman–Crippen LogP) is 2.95. The maximum Gasteiger partial charge on any atom is 0.185 e. The molecular formula is C19H16N6O2. The number of hydrazone groups is 1. The van der Waals surface area contributed by atoms with Crippen LogP contribution in [0.3, 0.4) is 0 Å². The van der Waals surface area contributed by atoms with Gasteiger partial charge in [-0.05, 0) is 35.9 Å². The highest BCUT2D eigenvalue weighted by atomic mass is 16.5. The molecule has 2 aromatic carbocycles. The van der Waals surface area contributed by atoms with Crippen LogP contribution in [0.25, 0.3) is 17.0 Å². The molecule has 0 amide bonds. The molecule has 0 saturated heterocycles. The quantitative estimate of drug-likeness (QED) is 0.419. The Balaban J connectivity index is 1.58. The summed E-state index contributed by atoms with van der Waals surface area (Å²) < 4.78 is 6.75. The van der Waals surface area contributed by atoms with Crippen LogP contribution >= 0.6 is 0 Å². The van der Waals surface area contributed by atoms with Crippen molar-refractivity contribution in [3.8, 4) is 22.9 Å². The molecule has 0 aliphatic rings. The average molecular weight is 360 g/mol. The molecule has 0 unspecified atom stereocenters. The number of aromatic hydroxyl groups is 1. The smallest absolute Gasteiger partial charge is 0.185 e. The largest absolute Gasteiger partial charge is 0.504 e. The second-order valence-corrected chi connectivity index (χ2v) is 5.68. The zero-order chi connectivity index (χ0) is 18.6. The van der Waals surface area contributed by atoms with E-state index in [0.717, 1.165) is 11.1 Å². The van der Waals surface area contributed by atoms with Crippen LogP contribution in [-0.2, 0) is 0 Å². The maximum atomic E-state index is 9.63. The van der Waals surface area contributed by atoms with Crippen molar-refractivity contribution >= 4 is 17.7 Å². The highest BCUT2D eigenvalue weighted by Gasteiger charge is 2.09. The molecule has 4 aromatic rings. The highest BCUT2D eigenvalue weighted by Crippen LogP contribution is 2.25. The second-order valence-electron chi connectivity index (χ2n) is 5.68. The Bertz CT molecular complexity index is 1110. The molecule has 0 aliphatic carbocycles. The van der Waals surface area contributed by atoms with Crippen LogP contribution in [0.2, 0.25) is 0 Å². The van der Waals surface area contributed by atoms with Crippen molar-refractivity contribution < 1.29 is 9.84 Å². The number of nitrogens with one attached hydrogen (secondary N) is 1. The lowest BCUT2D eigenvalue weighted by atomic mass is 10.2. The highest BCUT2D eigenvalue weighted by molar-refractivity contribution is 5.81. The van der Waals surface area contributed by atoms with E-state index in [-0.39, 0.29) is 5.75 Å². The van der Waals surface area contributed by atoms with E-state index in [4.69, 9.17) is 4.74 Å². The lowest BCUT2D eigenvalue weighted by Gasteiger charge is -2.04. The van der Waals surface area contributed by atoms with Crippen molar-refractivity contribution in [1.82, 2.24) is 19.8 Å². The fourth-order valence-corrected chi connectivity index (χ4v) is 2.56. The first kappa shape index (κ1) is 16.5. The van der Waals surface area contributed by atoms with Gasteiger partial charge in [-0.15, -0.1) is 15.3 Å². The fourth-order valence-electron chi connectivity index (χ4n) is 2.56. The van der Waals surface area contributed by atoms with Gasteiger partial charge < -0.3 is 9.84 Å². The third-order valence-corrected chi connectivity index (χ3v) is 3.89. The Labute approximate surface area is 154 Å². The molecule has 0 atom stereocenters. The van der Waals surface area contributed by atoms with Gasteiger partial charge >= 0.3 is 0 Å². The lowest BCUT2D eigenvalue weighted by Crippen LogP contribution is -2.00. The lowest BCUT2D eigenvalue weighted by molar-refractivity contribution is 0.373. The molecule has 2 N–H and O–H groups in total. The molecular weight excluding hydrogens is 344 g/mol. The van der Waals surface area contributed by atoms with E-state index in [1.165, 1.54) is 7.11 Å². The molecule has 8 nitrogen and oxygen atoms in total. The van der Waals surface area contributed by atoms with Crippen LogP contribution in [0.15, 0.2) is 65.8 Å². The zero-order valence-electron chi connectivity index (χ0n) is 14.4. The molecule has 0 spiro atoms. The summed E-state index contributed by atoms with van der Waals surface area (Å²) in [5.41, 5.74) is 5.23. The molecule has 0 fully saturated rings. The second kappa shape index (κ2) is 7.12. The van der Waals surface area contributed by atoms with Gasteiger partial charge in [0, 0.05) is 5.56 Å². The number of benzene rings is 2. The van der Waals surface area contributed by atoms with Crippen LogP contribution in [0.1, 0.15) is 5.56 Å².